The summed E-state index contributed by atoms with van der Waals surface area (Å²) in [6.45, 7) is 0.859. The van der Waals surface area contributed by atoms with Gasteiger partial charge in [0.15, 0.2) is 0 Å². The Hall–Kier alpha value is -0.870. The van der Waals surface area contributed by atoms with Crippen LogP contribution in [0.1, 0.15) is 32.1 Å². The lowest BCUT2D eigenvalue weighted by atomic mass is 10.0. The SMILES string of the molecule is NC1C=CC(C(=O)N2CCCCCC2CO)C1. The van der Waals surface area contributed by atoms with E-state index >= 15 is 0 Å². The van der Waals surface area contributed by atoms with Crippen molar-refractivity contribution < 1.29 is 9.90 Å². The van der Waals surface area contributed by atoms with Crippen LogP contribution in [0.15, 0.2) is 12.2 Å². The molecule has 2 rings (SSSR count). The third kappa shape index (κ3) is 2.87. The molecule has 0 saturated carbocycles. The van der Waals surface area contributed by atoms with Crippen molar-refractivity contribution in [3.63, 3.8) is 0 Å². The van der Waals surface area contributed by atoms with Gasteiger partial charge in [0.1, 0.15) is 0 Å². The Labute approximate surface area is 102 Å². The number of hydrogen-bond donors (Lipinski definition) is 2. The van der Waals surface area contributed by atoms with E-state index in [0.717, 1.165) is 32.2 Å². The minimum absolute atomic E-state index is 0.00947. The Balaban J connectivity index is 2.02. The molecule has 0 aromatic rings. The van der Waals surface area contributed by atoms with E-state index in [1.165, 1.54) is 0 Å². The van der Waals surface area contributed by atoms with Crippen LogP contribution in [-0.4, -0.2) is 41.1 Å². The van der Waals surface area contributed by atoms with Crippen molar-refractivity contribution in [1.29, 1.82) is 0 Å². The van der Waals surface area contributed by atoms with Crippen molar-refractivity contribution in [2.75, 3.05) is 13.2 Å². The molecule has 4 heteroatoms. The molecule has 1 aliphatic heterocycles. The zero-order valence-electron chi connectivity index (χ0n) is 10.2. The van der Waals surface area contributed by atoms with Crippen LogP contribution in [0.4, 0.5) is 0 Å². The highest BCUT2D eigenvalue weighted by molar-refractivity contribution is 5.81. The van der Waals surface area contributed by atoms with E-state index in [-0.39, 0.29) is 30.5 Å². The molecule has 1 fully saturated rings. The molecule has 0 aromatic heterocycles. The summed E-state index contributed by atoms with van der Waals surface area (Å²) in [6, 6.07) is 0.0266. The van der Waals surface area contributed by atoms with Gasteiger partial charge in [-0.2, -0.15) is 0 Å². The third-order valence-corrected chi connectivity index (χ3v) is 3.80. The Bertz CT molecular complexity index is 304. The molecule has 0 bridgehead atoms. The van der Waals surface area contributed by atoms with Crippen molar-refractivity contribution in [1.82, 2.24) is 4.90 Å². The average Bonchev–Trinajstić information content (AvgIpc) is 2.64. The van der Waals surface area contributed by atoms with Gasteiger partial charge in [-0.1, -0.05) is 25.0 Å². The number of aliphatic hydroxyl groups excluding tert-OH is 1. The number of nitrogens with zero attached hydrogens (tertiary/aromatic N) is 1. The van der Waals surface area contributed by atoms with Gasteiger partial charge >= 0.3 is 0 Å². The smallest absolute Gasteiger partial charge is 0.229 e. The van der Waals surface area contributed by atoms with Crippen molar-refractivity contribution in [3.05, 3.63) is 12.2 Å². The Morgan fingerprint density at radius 1 is 1.35 bits per heavy atom. The van der Waals surface area contributed by atoms with E-state index < -0.39 is 0 Å². The quantitative estimate of drug-likeness (QED) is 0.694. The predicted molar refractivity (Wildman–Crippen MR) is 66.3 cm³/mol. The highest BCUT2D eigenvalue weighted by atomic mass is 16.3. The number of hydrogen-bond acceptors (Lipinski definition) is 3. The Morgan fingerprint density at radius 2 is 2.18 bits per heavy atom. The van der Waals surface area contributed by atoms with Gasteiger partial charge < -0.3 is 15.7 Å². The second-order valence-electron chi connectivity index (χ2n) is 5.11. The topological polar surface area (TPSA) is 66.6 Å². The first-order valence-corrected chi connectivity index (χ1v) is 6.57. The van der Waals surface area contributed by atoms with Crippen molar-refractivity contribution in [2.45, 2.75) is 44.2 Å². The van der Waals surface area contributed by atoms with E-state index in [1.54, 1.807) is 0 Å². The maximum Gasteiger partial charge on any atom is 0.229 e. The molecular formula is C13H22N2O2. The third-order valence-electron chi connectivity index (χ3n) is 3.80. The summed E-state index contributed by atoms with van der Waals surface area (Å²) in [7, 11) is 0. The fraction of sp³-hybridized carbons (Fsp3) is 0.769. The molecule has 1 amide bonds. The van der Waals surface area contributed by atoms with Crippen LogP contribution in [0.25, 0.3) is 0 Å². The number of amides is 1. The monoisotopic (exact) mass is 238 g/mol. The van der Waals surface area contributed by atoms with Gasteiger partial charge in [0.25, 0.3) is 0 Å². The maximum atomic E-state index is 12.4. The molecule has 3 unspecified atom stereocenters. The number of carbonyl (C=O) groups is 1. The largest absolute Gasteiger partial charge is 0.394 e. The normalized spacial score (nSPS) is 33.8. The first kappa shape index (κ1) is 12.6. The van der Waals surface area contributed by atoms with Gasteiger partial charge in [-0.25, -0.2) is 0 Å². The lowest BCUT2D eigenvalue weighted by Gasteiger charge is -2.30. The summed E-state index contributed by atoms with van der Waals surface area (Å²) in [6.07, 6.45) is 8.78. The van der Waals surface area contributed by atoms with Crippen LogP contribution >= 0.6 is 0 Å². The lowest BCUT2D eigenvalue weighted by molar-refractivity contribution is -0.137. The van der Waals surface area contributed by atoms with Gasteiger partial charge in [-0.05, 0) is 19.3 Å². The zero-order valence-corrected chi connectivity index (χ0v) is 10.2. The van der Waals surface area contributed by atoms with Gasteiger partial charge in [0, 0.05) is 12.6 Å². The second-order valence-corrected chi connectivity index (χ2v) is 5.11. The van der Waals surface area contributed by atoms with Gasteiger partial charge in [-0.15, -0.1) is 0 Å². The summed E-state index contributed by atoms with van der Waals surface area (Å²) < 4.78 is 0. The summed E-state index contributed by atoms with van der Waals surface area (Å²) >= 11 is 0. The lowest BCUT2D eigenvalue weighted by Crippen LogP contribution is -2.44. The molecule has 0 spiro atoms. The minimum Gasteiger partial charge on any atom is -0.394 e. The van der Waals surface area contributed by atoms with E-state index in [0.29, 0.717) is 6.42 Å². The average molecular weight is 238 g/mol. The summed E-state index contributed by atoms with van der Waals surface area (Å²) in [5.74, 6) is 0.0762. The molecule has 17 heavy (non-hydrogen) atoms. The molecule has 96 valence electrons. The molecule has 0 radical (unpaired) electrons. The Kier molecular flexibility index (Phi) is 4.18. The summed E-state index contributed by atoms with van der Waals surface area (Å²) in [5, 5.41) is 9.39. The molecule has 4 nitrogen and oxygen atoms in total. The highest BCUT2D eigenvalue weighted by Crippen LogP contribution is 2.24. The van der Waals surface area contributed by atoms with Gasteiger partial charge in [0.05, 0.1) is 18.6 Å². The van der Waals surface area contributed by atoms with Crippen LogP contribution < -0.4 is 5.73 Å². The fourth-order valence-electron chi connectivity index (χ4n) is 2.78. The second kappa shape index (κ2) is 5.65. The van der Waals surface area contributed by atoms with Crippen molar-refractivity contribution >= 4 is 5.91 Å². The van der Waals surface area contributed by atoms with E-state index in [4.69, 9.17) is 5.73 Å². The fourth-order valence-corrected chi connectivity index (χ4v) is 2.78. The van der Waals surface area contributed by atoms with Crippen LogP contribution in [0, 0.1) is 5.92 Å². The number of carbonyl (C=O) groups excluding carboxylic acids is 1. The maximum absolute atomic E-state index is 12.4. The van der Waals surface area contributed by atoms with Gasteiger partial charge in [0.2, 0.25) is 5.91 Å². The first-order chi connectivity index (χ1) is 8.22. The minimum atomic E-state index is -0.0721. The number of aliphatic hydroxyl groups is 1. The van der Waals surface area contributed by atoms with Crippen LogP contribution in [0.2, 0.25) is 0 Å². The molecule has 1 heterocycles. The van der Waals surface area contributed by atoms with Crippen LogP contribution in [0.3, 0.4) is 0 Å². The molecule has 0 aromatic carbocycles. The number of likely N-dealkylation sites (tertiary alicyclic amines) is 1. The molecule has 1 saturated heterocycles. The number of nitrogens with two attached hydrogens (primary N) is 1. The predicted octanol–water partition coefficient (Wildman–Crippen LogP) is 0.653. The van der Waals surface area contributed by atoms with Crippen molar-refractivity contribution in [3.8, 4) is 0 Å². The van der Waals surface area contributed by atoms with E-state index in [1.807, 2.05) is 17.1 Å². The van der Waals surface area contributed by atoms with E-state index in [9.17, 15) is 9.90 Å². The first-order valence-electron chi connectivity index (χ1n) is 6.57. The molecule has 3 atom stereocenters. The molecule has 3 N–H and O–H groups in total. The van der Waals surface area contributed by atoms with Crippen molar-refractivity contribution in [2.24, 2.45) is 11.7 Å². The van der Waals surface area contributed by atoms with Crippen LogP contribution in [0.5, 0.6) is 0 Å². The highest BCUT2D eigenvalue weighted by Gasteiger charge is 2.31. The summed E-state index contributed by atoms with van der Waals surface area (Å²) in [4.78, 5) is 14.3. The Morgan fingerprint density at radius 3 is 2.82 bits per heavy atom. The number of rotatable bonds is 2. The summed E-state index contributed by atoms with van der Waals surface area (Å²) in [5.41, 5.74) is 5.78. The van der Waals surface area contributed by atoms with Gasteiger partial charge in [-0.3, -0.25) is 4.79 Å². The zero-order chi connectivity index (χ0) is 12.3. The molecular weight excluding hydrogens is 216 g/mol. The molecule has 1 aliphatic carbocycles. The standard InChI is InChI=1S/C13H22N2O2/c14-11-6-5-10(8-11)13(17)15-7-3-1-2-4-12(15)9-16/h5-6,10-12,16H,1-4,7-9,14H2. The molecule has 2 aliphatic rings. The van der Waals surface area contributed by atoms with E-state index in [2.05, 4.69) is 0 Å². The van der Waals surface area contributed by atoms with Crippen LogP contribution in [-0.2, 0) is 4.79 Å².